The van der Waals surface area contributed by atoms with E-state index < -0.39 is 0 Å². The molecule has 0 radical (unpaired) electrons. The van der Waals surface area contributed by atoms with E-state index in [0.29, 0.717) is 5.76 Å². The summed E-state index contributed by atoms with van der Waals surface area (Å²) in [7, 11) is 0. The van der Waals surface area contributed by atoms with Crippen molar-refractivity contribution < 1.29 is 9.53 Å². The number of carbonyl (C=O) groups is 1. The standard InChI is InChI=1S/C25H17BrO2/c26-18-8-5-16(6-9-18)15-25(27)28-24-14-13-22-21-10-7-17-3-1-2-4-19(17)20(21)11-12-23(22)24/h1-12,14H,13,15H2. The van der Waals surface area contributed by atoms with E-state index in [9.17, 15) is 4.79 Å². The lowest BCUT2D eigenvalue weighted by atomic mass is 9.96. The first kappa shape index (κ1) is 17.2. The molecule has 1 aliphatic carbocycles. The molecule has 2 nitrogen and oxygen atoms in total. The Hall–Kier alpha value is -2.91. The molecule has 0 aliphatic heterocycles. The van der Waals surface area contributed by atoms with Crippen LogP contribution in [0.2, 0.25) is 0 Å². The van der Waals surface area contributed by atoms with Crippen LogP contribution in [0.1, 0.15) is 16.7 Å². The maximum absolute atomic E-state index is 12.4. The van der Waals surface area contributed by atoms with Gasteiger partial charge in [-0.3, -0.25) is 4.79 Å². The van der Waals surface area contributed by atoms with Crippen LogP contribution >= 0.6 is 15.9 Å². The molecule has 0 amide bonds. The highest BCUT2D eigenvalue weighted by Crippen LogP contribution is 2.36. The minimum atomic E-state index is -0.236. The molecule has 0 unspecified atom stereocenters. The van der Waals surface area contributed by atoms with E-state index in [2.05, 4.69) is 64.5 Å². The van der Waals surface area contributed by atoms with Gasteiger partial charge in [0.25, 0.3) is 0 Å². The first-order chi connectivity index (χ1) is 13.7. The lowest BCUT2D eigenvalue weighted by Crippen LogP contribution is -2.07. The Balaban J connectivity index is 1.44. The molecule has 136 valence electrons. The molecule has 3 heteroatoms. The van der Waals surface area contributed by atoms with Gasteiger partial charge in [0.15, 0.2) is 0 Å². The topological polar surface area (TPSA) is 26.3 Å². The van der Waals surface area contributed by atoms with Gasteiger partial charge in [-0.2, -0.15) is 0 Å². The third-order valence-corrected chi connectivity index (χ3v) is 5.81. The predicted octanol–water partition coefficient (Wildman–Crippen LogP) is 6.44. The Morgan fingerprint density at radius 3 is 2.50 bits per heavy atom. The molecular formula is C25H17BrO2. The van der Waals surface area contributed by atoms with Gasteiger partial charge in [0, 0.05) is 10.0 Å². The third kappa shape index (κ3) is 3.02. The molecule has 4 aromatic carbocycles. The van der Waals surface area contributed by atoms with Crippen LogP contribution in [0.4, 0.5) is 0 Å². The summed E-state index contributed by atoms with van der Waals surface area (Å²) in [4.78, 5) is 12.4. The molecular weight excluding hydrogens is 412 g/mol. The van der Waals surface area contributed by atoms with Crippen molar-refractivity contribution in [3.63, 3.8) is 0 Å². The monoisotopic (exact) mass is 428 g/mol. The minimum Gasteiger partial charge on any atom is -0.426 e. The molecule has 0 atom stereocenters. The van der Waals surface area contributed by atoms with Crippen LogP contribution in [0.25, 0.3) is 27.3 Å². The second-order valence-electron chi connectivity index (χ2n) is 7.02. The number of fused-ring (bicyclic) bond motifs is 5. The lowest BCUT2D eigenvalue weighted by molar-refractivity contribution is -0.135. The highest BCUT2D eigenvalue weighted by atomic mass is 79.9. The average Bonchev–Trinajstić information content (AvgIpc) is 3.12. The van der Waals surface area contributed by atoms with Crippen LogP contribution in [0.3, 0.4) is 0 Å². The number of rotatable bonds is 3. The molecule has 5 rings (SSSR count). The van der Waals surface area contributed by atoms with Crippen molar-refractivity contribution >= 4 is 49.2 Å². The molecule has 28 heavy (non-hydrogen) atoms. The molecule has 4 aromatic rings. The molecule has 0 saturated heterocycles. The maximum Gasteiger partial charge on any atom is 0.315 e. The van der Waals surface area contributed by atoms with Gasteiger partial charge in [-0.25, -0.2) is 0 Å². The van der Waals surface area contributed by atoms with E-state index in [4.69, 9.17) is 4.74 Å². The molecule has 0 saturated carbocycles. The van der Waals surface area contributed by atoms with E-state index in [-0.39, 0.29) is 12.4 Å². The van der Waals surface area contributed by atoms with Crippen molar-refractivity contribution in [1.29, 1.82) is 0 Å². The average molecular weight is 429 g/mol. The fourth-order valence-electron chi connectivity index (χ4n) is 3.93. The minimum absolute atomic E-state index is 0.236. The Morgan fingerprint density at radius 2 is 1.64 bits per heavy atom. The number of halogens is 1. The summed E-state index contributed by atoms with van der Waals surface area (Å²) in [6.45, 7) is 0. The number of carbonyl (C=O) groups excluding carboxylic acids is 1. The number of esters is 1. The summed E-state index contributed by atoms with van der Waals surface area (Å²) in [5, 5.41) is 4.96. The fourth-order valence-corrected chi connectivity index (χ4v) is 4.19. The summed E-state index contributed by atoms with van der Waals surface area (Å²) < 4.78 is 6.72. The highest BCUT2D eigenvalue weighted by molar-refractivity contribution is 9.10. The molecule has 0 aromatic heterocycles. The zero-order valence-electron chi connectivity index (χ0n) is 15.1. The maximum atomic E-state index is 12.4. The summed E-state index contributed by atoms with van der Waals surface area (Å²) in [5.41, 5.74) is 3.19. The van der Waals surface area contributed by atoms with Crippen LogP contribution in [0, 0.1) is 0 Å². The second kappa shape index (κ2) is 6.92. The smallest absolute Gasteiger partial charge is 0.315 e. The molecule has 0 N–H and O–H groups in total. The Bertz CT molecular complexity index is 1250. The van der Waals surface area contributed by atoms with Crippen molar-refractivity contribution in [2.45, 2.75) is 12.8 Å². The molecule has 1 aliphatic rings. The molecule has 0 spiro atoms. The van der Waals surface area contributed by atoms with E-state index in [1.54, 1.807) is 0 Å². The number of hydrogen-bond acceptors (Lipinski definition) is 2. The van der Waals surface area contributed by atoms with E-state index in [1.807, 2.05) is 30.3 Å². The Kier molecular flexibility index (Phi) is 4.25. The van der Waals surface area contributed by atoms with E-state index in [1.165, 1.54) is 27.1 Å². The highest BCUT2D eigenvalue weighted by Gasteiger charge is 2.21. The SMILES string of the molecule is O=C(Cc1ccc(Br)cc1)OC1=CCc2c1ccc1c2ccc2ccccc21. The zero-order chi connectivity index (χ0) is 19.1. The van der Waals surface area contributed by atoms with Crippen molar-refractivity contribution in [3.8, 4) is 0 Å². The van der Waals surface area contributed by atoms with Gasteiger partial charge in [0.2, 0.25) is 0 Å². The van der Waals surface area contributed by atoms with Gasteiger partial charge in [-0.1, -0.05) is 76.6 Å². The lowest BCUT2D eigenvalue weighted by Gasteiger charge is -2.11. The largest absolute Gasteiger partial charge is 0.426 e. The Morgan fingerprint density at radius 1 is 0.857 bits per heavy atom. The van der Waals surface area contributed by atoms with Crippen molar-refractivity contribution in [2.75, 3.05) is 0 Å². The van der Waals surface area contributed by atoms with Crippen LogP contribution < -0.4 is 0 Å². The summed E-state index contributed by atoms with van der Waals surface area (Å²) >= 11 is 3.41. The van der Waals surface area contributed by atoms with Crippen LogP contribution in [0.15, 0.2) is 83.3 Å². The number of hydrogen-bond donors (Lipinski definition) is 0. The van der Waals surface area contributed by atoms with Crippen LogP contribution in [0.5, 0.6) is 0 Å². The van der Waals surface area contributed by atoms with Crippen molar-refractivity contribution in [2.24, 2.45) is 0 Å². The first-order valence-corrected chi connectivity index (χ1v) is 10.1. The summed E-state index contributed by atoms with van der Waals surface area (Å²) in [6, 6.07) is 24.7. The van der Waals surface area contributed by atoms with Crippen molar-refractivity contribution in [1.82, 2.24) is 0 Å². The van der Waals surface area contributed by atoms with E-state index in [0.717, 1.165) is 22.0 Å². The summed E-state index contributed by atoms with van der Waals surface area (Å²) in [6.07, 6.45) is 3.06. The van der Waals surface area contributed by atoms with Crippen LogP contribution in [-0.4, -0.2) is 5.97 Å². The third-order valence-electron chi connectivity index (χ3n) is 5.28. The van der Waals surface area contributed by atoms with Crippen LogP contribution in [-0.2, 0) is 22.4 Å². The number of ether oxygens (including phenoxy) is 1. The van der Waals surface area contributed by atoms with Gasteiger partial charge in [0.05, 0.1) is 6.42 Å². The number of allylic oxidation sites excluding steroid dienone is 1. The molecule has 0 heterocycles. The quantitative estimate of drug-likeness (QED) is 0.277. The van der Waals surface area contributed by atoms with E-state index >= 15 is 0 Å². The molecule has 0 fully saturated rings. The number of benzene rings is 4. The van der Waals surface area contributed by atoms with Crippen molar-refractivity contribution in [3.05, 3.63) is 100 Å². The first-order valence-electron chi connectivity index (χ1n) is 9.28. The predicted molar refractivity (Wildman–Crippen MR) is 117 cm³/mol. The normalized spacial score (nSPS) is 12.8. The summed E-state index contributed by atoms with van der Waals surface area (Å²) in [5.74, 6) is 0.437. The van der Waals surface area contributed by atoms with Gasteiger partial charge in [-0.05, 0) is 57.3 Å². The zero-order valence-corrected chi connectivity index (χ0v) is 16.7. The van der Waals surface area contributed by atoms with Gasteiger partial charge >= 0.3 is 5.97 Å². The second-order valence-corrected chi connectivity index (χ2v) is 7.94. The van der Waals surface area contributed by atoms with Gasteiger partial charge in [0.1, 0.15) is 5.76 Å². The fraction of sp³-hybridized carbons (Fsp3) is 0.0800. The van der Waals surface area contributed by atoms with Gasteiger partial charge < -0.3 is 4.74 Å². The van der Waals surface area contributed by atoms with Gasteiger partial charge in [-0.15, -0.1) is 0 Å². The Labute approximate surface area is 171 Å². The molecule has 0 bridgehead atoms.